The Morgan fingerprint density at radius 2 is 1.88 bits per heavy atom. The van der Waals surface area contributed by atoms with Crippen molar-refractivity contribution in [1.82, 2.24) is 14.5 Å². The molecular formula is C25H35N3O4S2. The number of thiophene rings is 1. The summed E-state index contributed by atoms with van der Waals surface area (Å²) in [6.45, 7) is 9.21. The average Bonchev–Trinajstić information content (AvgIpc) is 3.36. The molecular weight excluding hydrogens is 470 g/mol. The van der Waals surface area contributed by atoms with E-state index in [0.717, 1.165) is 32.7 Å². The number of carbonyl (C=O) groups is 1. The fourth-order valence-electron chi connectivity index (χ4n) is 4.99. The number of ketones is 1. The van der Waals surface area contributed by atoms with E-state index in [0.29, 0.717) is 37.0 Å². The number of benzene rings is 1. The summed E-state index contributed by atoms with van der Waals surface area (Å²) in [5, 5.41) is 5.39. The minimum absolute atomic E-state index is 0.107. The van der Waals surface area contributed by atoms with E-state index in [1.165, 1.54) is 10.9 Å². The maximum Gasteiger partial charge on any atom is 0.243 e. The first-order valence-corrected chi connectivity index (χ1v) is 14.4. The second-order valence-electron chi connectivity index (χ2n) is 9.53. The SMILES string of the molecule is CC1CC(C)CN(S(=O)(=O)c2cccc(C(=O)CNCC(c3cccs3)N3CCOCC3)c2)C1. The van der Waals surface area contributed by atoms with E-state index in [-0.39, 0.29) is 23.3 Å². The summed E-state index contributed by atoms with van der Waals surface area (Å²) in [7, 11) is -3.62. The highest BCUT2D eigenvalue weighted by atomic mass is 32.2. The molecule has 1 aromatic heterocycles. The van der Waals surface area contributed by atoms with Crippen LogP contribution in [0.25, 0.3) is 0 Å². The first kappa shape index (κ1) is 25.5. The Balaban J connectivity index is 1.40. The Kier molecular flexibility index (Phi) is 8.55. The summed E-state index contributed by atoms with van der Waals surface area (Å²) in [4.78, 5) is 16.8. The number of Topliss-reactive ketones (excluding diaryl/α,β-unsaturated/α-hetero) is 1. The molecule has 0 saturated carbocycles. The molecule has 34 heavy (non-hydrogen) atoms. The zero-order valence-electron chi connectivity index (χ0n) is 20.0. The third kappa shape index (κ3) is 6.13. The number of morpholine rings is 1. The van der Waals surface area contributed by atoms with Gasteiger partial charge in [-0.05, 0) is 41.8 Å². The second-order valence-corrected chi connectivity index (χ2v) is 12.4. The van der Waals surface area contributed by atoms with Gasteiger partial charge >= 0.3 is 0 Å². The van der Waals surface area contributed by atoms with Crippen LogP contribution in [0.2, 0.25) is 0 Å². The van der Waals surface area contributed by atoms with Crippen LogP contribution in [0.5, 0.6) is 0 Å². The second kappa shape index (κ2) is 11.4. The molecule has 0 aliphatic carbocycles. The molecule has 1 aromatic carbocycles. The zero-order valence-corrected chi connectivity index (χ0v) is 21.6. The van der Waals surface area contributed by atoms with E-state index in [1.54, 1.807) is 33.8 Å². The Morgan fingerprint density at radius 3 is 2.56 bits per heavy atom. The van der Waals surface area contributed by atoms with Gasteiger partial charge in [-0.15, -0.1) is 11.3 Å². The number of ether oxygens (including phenoxy) is 1. The lowest BCUT2D eigenvalue weighted by atomic mass is 9.94. The van der Waals surface area contributed by atoms with E-state index in [9.17, 15) is 13.2 Å². The van der Waals surface area contributed by atoms with Gasteiger partial charge in [0.2, 0.25) is 10.0 Å². The molecule has 1 N–H and O–H groups in total. The highest BCUT2D eigenvalue weighted by Crippen LogP contribution is 2.27. The fraction of sp³-hybridized carbons (Fsp3) is 0.560. The lowest BCUT2D eigenvalue weighted by Gasteiger charge is -2.34. The minimum atomic E-state index is -3.62. The molecule has 3 heterocycles. The number of carbonyl (C=O) groups excluding carboxylic acids is 1. The van der Waals surface area contributed by atoms with Gasteiger partial charge in [0.1, 0.15) is 0 Å². The number of hydrogen-bond acceptors (Lipinski definition) is 7. The highest BCUT2D eigenvalue weighted by Gasteiger charge is 2.32. The Hall–Kier alpha value is -1.62. The predicted octanol–water partition coefficient (Wildman–Crippen LogP) is 3.26. The molecule has 2 aliphatic heterocycles. The van der Waals surface area contributed by atoms with Crippen LogP contribution in [0.15, 0.2) is 46.7 Å². The number of sulfonamides is 1. The molecule has 2 aliphatic rings. The van der Waals surface area contributed by atoms with Gasteiger partial charge in [-0.2, -0.15) is 4.31 Å². The molecule has 3 atom stereocenters. The first-order chi connectivity index (χ1) is 16.3. The molecule has 2 fully saturated rings. The first-order valence-electron chi connectivity index (χ1n) is 12.0. The van der Waals surface area contributed by atoms with E-state index < -0.39 is 10.0 Å². The van der Waals surface area contributed by atoms with Crippen LogP contribution in [0, 0.1) is 11.8 Å². The third-order valence-electron chi connectivity index (χ3n) is 6.61. The van der Waals surface area contributed by atoms with Gasteiger partial charge in [0, 0.05) is 43.2 Å². The lowest BCUT2D eigenvalue weighted by molar-refractivity contribution is 0.0169. The fourth-order valence-corrected chi connectivity index (χ4v) is 7.57. The Bertz CT molecular complexity index is 1040. The van der Waals surface area contributed by atoms with Crippen molar-refractivity contribution in [3.63, 3.8) is 0 Å². The summed E-state index contributed by atoms with van der Waals surface area (Å²) in [5.74, 6) is 0.551. The van der Waals surface area contributed by atoms with Crippen LogP contribution in [-0.2, 0) is 14.8 Å². The average molecular weight is 506 g/mol. The van der Waals surface area contributed by atoms with Gasteiger partial charge in [-0.3, -0.25) is 9.69 Å². The molecule has 0 spiro atoms. The van der Waals surface area contributed by atoms with E-state index in [4.69, 9.17) is 4.74 Å². The Morgan fingerprint density at radius 1 is 1.15 bits per heavy atom. The Labute approximate surface area is 207 Å². The summed E-state index contributed by atoms with van der Waals surface area (Å²) < 4.78 is 33.6. The van der Waals surface area contributed by atoms with Crippen LogP contribution in [-0.4, -0.2) is 75.9 Å². The van der Waals surface area contributed by atoms with Crippen LogP contribution >= 0.6 is 11.3 Å². The zero-order chi connectivity index (χ0) is 24.1. The predicted molar refractivity (Wildman–Crippen MR) is 135 cm³/mol. The van der Waals surface area contributed by atoms with Crippen LogP contribution in [0.3, 0.4) is 0 Å². The summed E-state index contributed by atoms with van der Waals surface area (Å²) >= 11 is 1.72. The molecule has 7 nitrogen and oxygen atoms in total. The summed E-state index contributed by atoms with van der Waals surface area (Å²) in [6, 6.07) is 10.9. The third-order valence-corrected chi connectivity index (χ3v) is 9.41. The number of piperidine rings is 1. The largest absolute Gasteiger partial charge is 0.379 e. The van der Waals surface area contributed by atoms with Crippen molar-refractivity contribution >= 4 is 27.1 Å². The normalized spacial score (nSPS) is 23.6. The number of nitrogens with one attached hydrogen (secondary N) is 1. The van der Waals surface area contributed by atoms with Crippen molar-refractivity contribution in [1.29, 1.82) is 0 Å². The van der Waals surface area contributed by atoms with Gasteiger partial charge in [0.25, 0.3) is 0 Å². The van der Waals surface area contributed by atoms with Crippen LogP contribution in [0.1, 0.15) is 41.5 Å². The molecule has 3 unspecified atom stereocenters. The number of hydrogen-bond donors (Lipinski definition) is 1. The summed E-state index contributed by atoms with van der Waals surface area (Å²) in [5.41, 5.74) is 0.422. The molecule has 2 saturated heterocycles. The maximum atomic E-state index is 13.2. The van der Waals surface area contributed by atoms with Gasteiger partial charge in [0.05, 0.1) is 30.7 Å². The minimum Gasteiger partial charge on any atom is -0.379 e. The quantitative estimate of drug-likeness (QED) is 0.527. The highest BCUT2D eigenvalue weighted by molar-refractivity contribution is 7.89. The van der Waals surface area contributed by atoms with Crippen molar-refractivity contribution in [2.45, 2.75) is 31.2 Å². The van der Waals surface area contributed by atoms with E-state index >= 15 is 0 Å². The standard InChI is InChI=1S/C25H35N3O4S2/c1-19-13-20(2)18-28(17-19)34(30,31)22-6-3-5-21(14-22)24(29)16-26-15-23(25-7-4-12-33-25)27-8-10-32-11-9-27/h3-7,12,14,19-20,23,26H,8-11,13,15-18H2,1-2H3. The van der Waals surface area contributed by atoms with Crippen molar-refractivity contribution in [3.05, 3.63) is 52.2 Å². The number of nitrogens with zero attached hydrogens (tertiary/aromatic N) is 2. The molecule has 0 radical (unpaired) electrons. The molecule has 186 valence electrons. The van der Waals surface area contributed by atoms with Crippen LogP contribution < -0.4 is 5.32 Å². The van der Waals surface area contributed by atoms with Gasteiger partial charge in [-0.25, -0.2) is 8.42 Å². The molecule has 9 heteroatoms. The summed E-state index contributed by atoms with van der Waals surface area (Å²) in [6.07, 6.45) is 1.03. The van der Waals surface area contributed by atoms with Crippen molar-refractivity contribution in [2.75, 3.05) is 52.5 Å². The lowest BCUT2D eigenvalue weighted by Crippen LogP contribution is -2.43. The molecule has 4 rings (SSSR count). The van der Waals surface area contributed by atoms with Gasteiger partial charge < -0.3 is 10.1 Å². The molecule has 0 amide bonds. The van der Waals surface area contributed by atoms with Crippen molar-refractivity contribution < 1.29 is 17.9 Å². The maximum absolute atomic E-state index is 13.2. The van der Waals surface area contributed by atoms with Crippen LogP contribution in [0.4, 0.5) is 0 Å². The molecule has 2 aromatic rings. The van der Waals surface area contributed by atoms with E-state index in [2.05, 4.69) is 35.5 Å². The topological polar surface area (TPSA) is 79.0 Å². The molecule has 0 bridgehead atoms. The van der Waals surface area contributed by atoms with Gasteiger partial charge in [0.15, 0.2) is 5.78 Å². The monoisotopic (exact) mass is 505 g/mol. The van der Waals surface area contributed by atoms with Crippen molar-refractivity contribution in [3.8, 4) is 0 Å². The van der Waals surface area contributed by atoms with Crippen molar-refractivity contribution in [2.24, 2.45) is 11.8 Å². The van der Waals surface area contributed by atoms with E-state index in [1.807, 2.05) is 6.07 Å². The smallest absolute Gasteiger partial charge is 0.243 e. The van der Waals surface area contributed by atoms with Gasteiger partial charge in [-0.1, -0.05) is 32.0 Å². The number of rotatable bonds is 9.